The molecule has 0 aromatic heterocycles. The normalized spacial score (nSPS) is 12.0. The van der Waals surface area contributed by atoms with Crippen molar-refractivity contribution in [1.82, 2.24) is 5.32 Å². The summed E-state index contributed by atoms with van der Waals surface area (Å²) in [5.74, 6) is 1.15. The van der Waals surface area contributed by atoms with Gasteiger partial charge in [-0.2, -0.15) is 11.8 Å². The van der Waals surface area contributed by atoms with Crippen LogP contribution in [0.15, 0.2) is 0 Å². The number of alkyl halides is 3. The molecule has 1 N–H and O–H groups in total. The third kappa shape index (κ3) is 14.1. The molecule has 0 aliphatic carbocycles. The second-order valence-corrected chi connectivity index (χ2v) is 4.08. The zero-order valence-corrected chi connectivity index (χ0v) is 9.72. The molecule has 0 amide bonds. The molecule has 0 saturated heterocycles. The Morgan fingerprint density at radius 2 is 1.87 bits per heavy atom. The average molecular weight is 245 g/mol. The van der Waals surface area contributed by atoms with E-state index in [0.717, 1.165) is 25.1 Å². The van der Waals surface area contributed by atoms with Gasteiger partial charge in [-0.25, -0.2) is 0 Å². The summed E-state index contributed by atoms with van der Waals surface area (Å²) in [6, 6.07) is 0. The molecule has 0 heterocycles. The number of ether oxygens (including phenoxy) is 1. The highest BCUT2D eigenvalue weighted by molar-refractivity contribution is 7.98. The number of nitrogens with one attached hydrogen (secondary N) is 1. The van der Waals surface area contributed by atoms with Crippen molar-refractivity contribution in [3.8, 4) is 0 Å². The lowest BCUT2D eigenvalue weighted by molar-refractivity contribution is -0.323. The van der Waals surface area contributed by atoms with Crippen LogP contribution >= 0.6 is 11.8 Å². The van der Waals surface area contributed by atoms with E-state index < -0.39 is 6.36 Å². The van der Waals surface area contributed by atoms with Gasteiger partial charge in [-0.05, 0) is 31.4 Å². The van der Waals surface area contributed by atoms with Crippen LogP contribution in [0, 0.1) is 0 Å². The van der Waals surface area contributed by atoms with Crippen molar-refractivity contribution in [3.05, 3.63) is 0 Å². The van der Waals surface area contributed by atoms with E-state index in [4.69, 9.17) is 0 Å². The highest BCUT2D eigenvalue weighted by atomic mass is 32.2. The Hall–Kier alpha value is 0.0600. The van der Waals surface area contributed by atoms with Crippen LogP contribution in [0.25, 0.3) is 0 Å². The monoisotopic (exact) mass is 245 g/mol. The van der Waals surface area contributed by atoms with E-state index in [9.17, 15) is 13.2 Å². The number of unbranched alkanes of at least 4 members (excludes halogenated alkanes) is 2. The minimum absolute atomic E-state index is 0.252. The zero-order chi connectivity index (χ0) is 11.6. The van der Waals surface area contributed by atoms with Crippen LogP contribution in [0.1, 0.15) is 19.3 Å². The second kappa shape index (κ2) is 9.30. The number of thioether (sulfide) groups is 1. The van der Waals surface area contributed by atoms with Crippen molar-refractivity contribution in [3.63, 3.8) is 0 Å². The van der Waals surface area contributed by atoms with Gasteiger partial charge in [0.25, 0.3) is 0 Å². The third-order valence-corrected chi connectivity index (χ3v) is 2.44. The Morgan fingerprint density at radius 1 is 1.13 bits per heavy atom. The van der Waals surface area contributed by atoms with Gasteiger partial charge in [-0.3, -0.25) is 4.74 Å². The standard InChI is InChI=1S/C9H18F3NOS/c1-15-8-4-2-3-5-13-6-7-14-9(10,11)12/h13H,2-8H2,1H3. The molecule has 0 spiro atoms. The molecule has 0 fully saturated rings. The molecule has 0 aromatic rings. The topological polar surface area (TPSA) is 21.3 Å². The molecule has 2 nitrogen and oxygen atoms in total. The maximum Gasteiger partial charge on any atom is 0.522 e. The summed E-state index contributed by atoms with van der Waals surface area (Å²) in [4.78, 5) is 0. The molecule has 0 aliphatic rings. The summed E-state index contributed by atoms with van der Waals surface area (Å²) in [6.45, 7) is 0.700. The molecule has 92 valence electrons. The van der Waals surface area contributed by atoms with Crippen LogP contribution in [-0.4, -0.2) is 38.1 Å². The van der Waals surface area contributed by atoms with E-state index in [1.165, 1.54) is 6.42 Å². The first-order valence-corrected chi connectivity index (χ1v) is 6.36. The molecule has 0 rings (SSSR count). The van der Waals surface area contributed by atoms with Crippen molar-refractivity contribution in [2.75, 3.05) is 31.7 Å². The SMILES string of the molecule is CSCCCCCNCCOC(F)(F)F. The zero-order valence-electron chi connectivity index (χ0n) is 8.90. The molecule has 0 unspecified atom stereocenters. The molecule has 15 heavy (non-hydrogen) atoms. The third-order valence-electron chi connectivity index (χ3n) is 1.75. The predicted molar refractivity (Wildman–Crippen MR) is 57.1 cm³/mol. The Bertz CT molecular complexity index is 144. The van der Waals surface area contributed by atoms with Crippen molar-refractivity contribution < 1.29 is 17.9 Å². The fourth-order valence-electron chi connectivity index (χ4n) is 1.04. The number of halogens is 3. The largest absolute Gasteiger partial charge is 0.522 e. The summed E-state index contributed by atoms with van der Waals surface area (Å²) in [7, 11) is 0. The molecule has 0 radical (unpaired) electrons. The van der Waals surface area contributed by atoms with Gasteiger partial charge < -0.3 is 5.32 Å². The summed E-state index contributed by atoms with van der Waals surface area (Å²) >= 11 is 1.81. The summed E-state index contributed by atoms with van der Waals surface area (Å²) in [6.07, 6.45) is 0.856. The first kappa shape index (κ1) is 15.1. The van der Waals surface area contributed by atoms with E-state index in [1.807, 2.05) is 11.8 Å². The van der Waals surface area contributed by atoms with E-state index >= 15 is 0 Å². The first-order chi connectivity index (χ1) is 7.06. The fraction of sp³-hybridized carbons (Fsp3) is 1.00. The van der Waals surface area contributed by atoms with Crippen LogP contribution in [0.3, 0.4) is 0 Å². The van der Waals surface area contributed by atoms with Crippen LogP contribution in [0.4, 0.5) is 13.2 Å². The number of hydrogen-bond donors (Lipinski definition) is 1. The molecule has 6 heteroatoms. The van der Waals surface area contributed by atoms with Crippen LogP contribution in [0.5, 0.6) is 0 Å². The summed E-state index contributed by atoms with van der Waals surface area (Å²) in [5, 5.41) is 2.90. The van der Waals surface area contributed by atoms with Crippen molar-refractivity contribution in [2.24, 2.45) is 0 Å². The Kier molecular flexibility index (Phi) is 9.33. The quantitative estimate of drug-likeness (QED) is 0.631. The van der Waals surface area contributed by atoms with Gasteiger partial charge >= 0.3 is 6.36 Å². The summed E-state index contributed by atoms with van der Waals surface area (Å²) < 4.78 is 38.2. The van der Waals surface area contributed by atoms with E-state index in [-0.39, 0.29) is 13.2 Å². The van der Waals surface area contributed by atoms with Crippen molar-refractivity contribution >= 4 is 11.8 Å². The number of rotatable bonds is 9. The average Bonchev–Trinajstić information content (AvgIpc) is 2.14. The van der Waals surface area contributed by atoms with Gasteiger partial charge in [-0.15, -0.1) is 13.2 Å². The fourth-order valence-corrected chi connectivity index (χ4v) is 1.53. The smallest absolute Gasteiger partial charge is 0.314 e. The Morgan fingerprint density at radius 3 is 2.47 bits per heavy atom. The van der Waals surface area contributed by atoms with Gasteiger partial charge in [0.1, 0.15) is 0 Å². The maximum absolute atomic E-state index is 11.5. The molecular formula is C9H18F3NOS. The lowest BCUT2D eigenvalue weighted by atomic mass is 10.2. The predicted octanol–water partition coefficient (Wildman–Crippen LogP) is 2.65. The lowest BCUT2D eigenvalue weighted by Gasteiger charge is -2.07. The Labute approximate surface area is 92.9 Å². The van der Waals surface area contributed by atoms with Gasteiger partial charge in [-0.1, -0.05) is 6.42 Å². The molecule has 0 aliphatic heterocycles. The highest BCUT2D eigenvalue weighted by Crippen LogP contribution is 2.15. The molecule has 0 bridgehead atoms. The van der Waals surface area contributed by atoms with Crippen LogP contribution < -0.4 is 5.32 Å². The molecular weight excluding hydrogens is 227 g/mol. The van der Waals surface area contributed by atoms with Crippen molar-refractivity contribution in [2.45, 2.75) is 25.6 Å². The maximum atomic E-state index is 11.5. The molecule has 0 atom stereocenters. The second-order valence-electron chi connectivity index (χ2n) is 3.10. The summed E-state index contributed by atoms with van der Waals surface area (Å²) in [5.41, 5.74) is 0. The van der Waals surface area contributed by atoms with Crippen LogP contribution in [-0.2, 0) is 4.74 Å². The first-order valence-electron chi connectivity index (χ1n) is 4.96. The molecule has 0 aromatic carbocycles. The Balaban J connectivity index is 2.99. The van der Waals surface area contributed by atoms with E-state index in [0.29, 0.717) is 0 Å². The van der Waals surface area contributed by atoms with Gasteiger partial charge in [0, 0.05) is 6.54 Å². The lowest BCUT2D eigenvalue weighted by Crippen LogP contribution is -2.24. The van der Waals surface area contributed by atoms with E-state index in [1.54, 1.807) is 0 Å². The minimum Gasteiger partial charge on any atom is -0.314 e. The van der Waals surface area contributed by atoms with Gasteiger partial charge in [0.05, 0.1) is 6.61 Å². The minimum atomic E-state index is -4.50. The van der Waals surface area contributed by atoms with Gasteiger partial charge in [0.15, 0.2) is 0 Å². The highest BCUT2D eigenvalue weighted by Gasteiger charge is 2.28. The van der Waals surface area contributed by atoms with Gasteiger partial charge in [0.2, 0.25) is 0 Å². The van der Waals surface area contributed by atoms with Crippen LogP contribution in [0.2, 0.25) is 0 Å². The molecule has 0 saturated carbocycles. The van der Waals surface area contributed by atoms with E-state index in [2.05, 4.69) is 16.3 Å². The van der Waals surface area contributed by atoms with Crippen molar-refractivity contribution in [1.29, 1.82) is 0 Å². The number of hydrogen-bond acceptors (Lipinski definition) is 3.